The van der Waals surface area contributed by atoms with E-state index in [2.05, 4.69) is 46.9 Å². The molecule has 0 amide bonds. The molecule has 0 spiro atoms. The normalized spacial score (nSPS) is 10.5. The molecule has 1 heterocycles. The lowest BCUT2D eigenvalue weighted by molar-refractivity contribution is 0.342. The Balaban J connectivity index is 1.79. The number of rotatable bonds is 6. The van der Waals surface area contributed by atoms with E-state index in [1.807, 2.05) is 31.2 Å². The van der Waals surface area contributed by atoms with Crippen molar-refractivity contribution in [3.8, 4) is 17.0 Å². The largest absolute Gasteiger partial charge is 0.492 e. The number of nitrogens with one attached hydrogen (secondary N) is 1. The molecule has 4 heteroatoms. The van der Waals surface area contributed by atoms with Crippen LogP contribution >= 0.6 is 11.3 Å². The van der Waals surface area contributed by atoms with Gasteiger partial charge in [0, 0.05) is 10.9 Å². The van der Waals surface area contributed by atoms with Crippen LogP contribution in [-0.4, -0.2) is 11.6 Å². The Hall–Kier alpha value is -2.33. The number of ether oxygens (including phenoxy) is 1. The summed E-state index contributed by atoms with van der Waals surface area (Å²) in [6, 6.07) is 16.5. The minimum absolute atomic E-state index is 0.644. The molecule has 2 aromatic carbocycles. The third-order valence-corrected chi connectivity index (χ3v) is 4.35. The number of benzene rings is 2. The van der Waals surface area contributed by atoms with Crippen LogP contribution in [-0.2, 0) is 6.42 Å². The third-order valence-electron chi connectivity index (χ3n) is 3.59. The Morgan fingerprint density at radius 1 is 1.04 bits per heavy atom. The van der Waals surface area contributed by atoms with Crippen molar-refractivity contribution in [2.75, 3.05) is 11.9 Å². The number of para-hydroxylation sites is 2. The summed E-state index contributed by atoms with van der Waals surface area (Å²) in [4.78, 5) is 4.68. The van der Waals surface area contributed by atoms with Crippen LogP contribution < -0.4 is 10.1 Å². The number of thiazole rings is 1. The molecule has 3 rings (SSSR count). The molecule has 0 unspecified atom stereocenters. The van der Waals surface area contributed by atoms with Gasteiger partial charge in [0.05, 0.1) is 18.0 Å². The molecule has 0 fully saturated rings. The summed E-state index contributed by atoms with van der Waals surface area (Å²) < 4.78 is 5.64. The summed E-state index contributed by atoms with van der Waals surface area (Å²) in [5.74, 6) is 0.846. The summed E-state index contributed by atoms with van der Waals surface area (Å²) in [5, 5.41) is 6.30. The first kappa shape index (κ1) is 15.6. The summed E-state index contributed by atoms with van der Waals surface area (Å²) in [6.07, 6.45) is 1.05. The number of aromatic nitrogens is 1. The zero-order chi connectivity index (χ0) is 16.1. The molecule has 3 aromatic rings. The highest BCUT2D eigenvalue weighted by atomic mass is 32.1. The van der Waals surface area contributed by atoms with Gasteiger partial charge in [0.25, 0.3) is 0 Å². The number of hydrogen-bond donors (Lipinski definition) is 1. The Labute approximate surface area is 141 Å². The lowest BCUT2D eigenvalue weighted by Crippen LogP contribution is -1.97. The second-order valence-electron chi connectivity index (χ2n) is 5.14. The van der Waals surface area contributed by atoms with Crippen molar-refractivity contribution in [1.82, 2.24) is 4.98 Å². The smallest absolute Gasteiger partial charge is 0.187 e. The second kappa shape index (κ2) is 7.29. The Kier molecular flexibility index (Phi) is 4.93. The number of aryl methyl sites for hydroxylation is 1. The predicted molar refractivity (Wildman–Crippen MR) is 97.8 cm³/mol. The van der Waals surface area contributed by atoms with E-state index in [4.69, 9.17) is 4.74 Å². The molecule has 3 nitrogen and oxygen atoms in total. The van der Waals surface area contributed by atoms with Gasteiger partial charge < -0.3 is 10.1 Å². The number of nitrogens with zero attached hydrogens (tertiary/aromatic N) is 1. The monoisotopic (exact) mass is 324 g/mol. The zero-order valence-corrected chi connectivity index (χ0v) is 14.2. The summed E-state index contributed by atoms with van der Waals surface area (Å²) in [7, 11) is 0. The molecule has 23 heavy (non-hydrogen) atoms. The van der Waals surface area contributed by atoms with Gasteiger partial charge in [0.1, 0.15) is 5.75 Å². The van der Waals surface area contributed by atoms with E-state index in [1.54, 1.807) is 11.3 Å². The van der Waals surface area contributed by atoms with Crippen LogP contribution in [0.15, 0.2) is 53.9 Å². The van der Waals surface area contributed by atoms with Crippen LogP contribution in [0.25, 0.3) is 11.3 Å². The molecule has 0 aliphatic carbocycles. The average molecular weight is 324 g/mol. The minimum Gasteiger partial charge on any atom is -0.492 e. The van der Waals surface area contributed by atoms with E-state index in [-0.39, 0.29) is 0 Å². The van der Waals surface area contributed by atoms with Crippen LogP contribution in [0.1, 0.15) is 19.4 Å². The fraction of sp³-hybridized carbons (Fsp3) is 0.211. The van der Waals surface area contributed by atoms with E-state index in [0.29, 0.717) is 6.61 Å². The lowest BCUT2D eigenvalue weighted by atomic mass is 10.1. The maximum Gasteiger partial charge on any atom is 0.187 e. The first-order valence-corrected chi connectivity index (χ1v) is 8.71. The fourth-order valence-corrected chi connectivity index (χ4v) is 3.07. The Morgan fingerprint density at radius 2 is 1.83 bits per heavy atom. The van der Waals surface area contributed by atoms with Crippen molar-refractivity contribution in [3.05, 3.63) is 59.5 Å². The van der Waals surface area contributed by atoms with Gasteiger partial charge in [-0.3, -0.25) is 0 Å². The third kappa shape index (κ3) is 3.71. The van der Waals surface area contributed by atoms with Crippen LogP contribution in [0.2, 0.25) is 0 Å². The highest BCUT2D eigenvalue weighted by Gasteiger charge is 2.07. The molecule has 0 bridgehead atoms. The highest BCUT2D eigenvalue weighted by Crippen LogP contribution is 2.31. The van der Waals surface area contributed by atoms with Crippen LogP contribution in [0.3, 0.4) is 0 Å². The van der Waals surface area contributed by atoms with Gasteiger partial charge in [0.2, 0.25) is 0 Å². The van der Waals surface area contributed by atoms with Crippen molar-refractivity contribution in [2.24, 2.45) is 0 Å². The molecule has 0 saturated heterocycles. The minimum atomic E-state index is 0.644. The molecule has 0 saturated carbocycles. The Morgan fingerprint density at radius 3 is 2.57 bits per heavy atom. The van der Waals surface area contributed by atoms with Crippen LogP contribution in [0.4, 0.5) is 10.8 Å². The number of anilines is 2. The van der Waals surface area contributed by atoms with E-state index in [9.17, 15) is 0 Å². The molecule has 1 aromatic heterocycles. The van der Waals surface area contributed by atoms with Gasteiger partial charge in [-0.15, -0.1) is 11.3 Å². The first-order valence-electron chi connectivity index (χ1n) is 7.83. The topological polar surface area (TPSA) is 34.1 Å². The number of hydrogen-bond acceptors (Lipinski definition) is 4. The van der Waals surface area contributed by atoms with Crippen molar-refractivity contribution in [2.45, 2.75) is 20.3 Å². The maximum absolute atomic E-state index is 5.64. The van der Waals surface area contributed by atoms with Gasteiger partial charge in [-0.25, -0.2) is 4.98 Å². The van der Waals surface area contributed by atoms with E-state index < -0.39 is 0 Å². The SMILES string of the molecule is CCOc1ccccc1Nc1nc(-c2ccc(CC)cc2)cs1. The average Bonchev–Trinajstić information content (AvgIpc) is 3.05. The molecule has 0 atom stereocenters. The molecular weight excluding hydrogens is 304 g/mol. The van der Waals surface area contributed by atoms with Crippen molar-refractivity contribution < 1.29 is 4.74 Å². The van der Waals surface area contributed by atoms with Gasteiger partial charge in [0.15, 0.2) is 5.13 Å². The Bertz CT molecular complexity index is 765. The fourth-order valence-electron chi connectivity index (χ4n) is 2.34. The molecule has 0 aliphatic rings. The van der Waals surface area contributed by atoms with Gasteiger partial charge in [-0.2, -0.15) is 0 Å². The predicted octanol–water partition coefficient (Wildman–Crippen LogP) is 5.51. The van der Waals surface area contributed by atoms with E-state index in [1.165, 1.54) is 5.56 Å². The van der Waals surface area contributed by atoms with Crippen LogP contribution in [0.5, 0.6) is 5.75 Å². The van der Waals surface area contributed by atoms with E-state index >= 15 is 0 Å². The molecular formula is C19H20N2OS. The summed E-state index contributed by atoms with van der Waals surface area (Å²) >= 11 is 1.60. The van der Waals surface area contributed by atoms with Crippen LogP contribution in [0, 0.1) is 0 Å². The van der Waals surface area contributed by atoms with E-state index in [0.717, 1.165) is 34.2 Å². The molecule has 1 N–H and O–H groups in total. The van der Waals surface area contributed by atoms with Gasteiger partial charge >= 0.3 is 0 Å². The lowest BCUT2D eigenvalue weighted by Gasteiger charge is -2.09. The standard InChI is InChI=1S/C19H20N2OS/c1-3-14-9-11-15(12-10-14)17-13-23-19(21-17)20-16-7-5-6-8-18(16)22-4-2/h5-13H,3-4H2,1-2H3,(H,20,21). The van der Waals surface area contributed by atoms with Gasteiger partial charge in [-0.05, 0) is 31.0 Å². The molecule has 118 valence electrons. The second-order valence-corrected chi connectivity index (χ2v) is 6.00. The zero-order valence-electron chi connectivity index (χ0n) is 13.4. The first-order chi connectivity index (χ1) is 11.3. The summed E-state index contributed by atoms with van der Waals surface area (Å²) in [6.45, 7) is 4.79. The summed E-state index contributed by atoms with van der Waals surface area (Å²) in [5.41, 5.74) is 4.42. The molecule has 0 radical (unpaired) electrons. The quantitative estimate of drug-likeness (QED) is 0.648. The van der Waals surface area contributed by atoms with Crippen molar-refractivity contribution in [1.29, 1.82) is 0 Å². The maximum atomic E-state index is 5.64. The highest BCUT2D eigenvalue weighted by molar-refractivity contribution is 7.14. The van der Waals surface area contributed by atoms with Gasteiger partial charge in [-0.1, -0.05) is 43.3 Å². The van der Waals surface area contributed by atoms with Crippen molar-refractivity contribution >= 4 is 22.2 Å². The van der Waals surface area contributed by atoms with Crippen molar-refractivity contribution in [3.63, 3.8) is 0 Å². The molecule has 0 aliphatic heterocycles.